The number of carbonyl (C=O) groups excluding carboxylic acids is 1. The second-order valence-electron chi connectivity index (χ2n) is 5.21. The standard InChI is InChI=1S/C18H14N2O3S/c21-18(20-13-5-7-19-8-6-13)17-4-3-16(24-17)12-1-2-14-15(11-12)23-10-9-22-14/h1-8,11H,9-10H2,(H,19,20,21). The van der Waals surface area contributed by atoms with Gasteiger partial charge in [0, 0.05) is 23.0 Å². The highest BCUT2D eigenvalue weighted by Crippen LogP contribution is 2.37. The van der Waals surface area contributed by atoms with Crippen LogP contribution >= 0.6 is 11.3 Å². The molecule has 5 nitrogen and oxygen atoms in total. The molecule has 1 amide bonds. The number of hydrogen-bond acceptors (Lipinski definition) is 5. The van der Waals surface area contributed by atoms with Crippen LogP contribution in [-0.4, -0.2) is 24.1 Å². The molecular weight excluding hydrogens is 324 g/mol. The lowest BCUT2D eigenvalue weighted by molar-refractivity contribution is 0.103. The van der Waals surface area contributed by atoms with E-state index in [-0.39, 0.29) is 5.91 Å². The number of hydrogen-bond donors (Lipinski definition) is 1. The molecular formula is C18H14N2O3S. The molecule has 120 valence electrons. The van der Waals surface area contributed by atoms with Crippen molar-refractivity contribution in [2.24, 2.45) is 0 Å². The van der Waals surface area contributed by atoms with Crippen molar-refractivity contribution in [2.45, 2.75) is 0 Å². The van der Waals surface area contributed by atoms with Crippen molar-refractivity contribution < 1.29 is 14.3 Å². The molecule has 0 bridgehead atoms. The molecule has 1 aromatic carbocycles. The maximum atomic E-state index is 12.3. The Hall–Kier alpha value is -2.86. The third-order valence-electron chi connectivity index (χ3n) is 3.59. The van der Waals surface area contributed by atoms with E-state index in [1.807, 2.05) is 30.3 Å². The summed E-state index contributed by atoms with van der Waals surface area (Å²) in [6.07, 6.45) is 3.29. The molecule has 0 radical (unpaired) electrons. The van der Waals surface area contributed by atoms with Crippen LogP contribution in [0.25, 0.3) is 10.4 Å². The van der Waals surface area contributed by atoms with Crippen molar-refractivity contribution in [2.75, 3.05) is 18.5 Å². The summed E-state index contributed by atoms with van der Waals surface area (Å²) < 4.78 is 11.1. The number of carbonyl (C=O) groups is 1. The van der Waals surface area contributed by atoms with Gasteiger partial charge in [-0.1, -0.05) is 0 Å². The van der Waals surface area contributed by atoms with Gasteiger partial charge in [-0.05, 0) is 48.0 Å². The molecule has 0 atom stereocenters. The van der Waals surface area contributed by atoms with E-state index in [2.05, 4.69) is 10.3 Å². The number of pyridine rings is 1. The average Bonchev–Trinajstić information content (AvgIpc) is 3.12. The quantitative estimate of drug-likeness (QED) is 0.788. The van der Waals surface area contributed by atoms with Crippen molar-refractivity contribution in [1.29, 1.82) is 0 Å². The molecule has 1 N–H and O–H groups in total. The number of amides is 1. The zero-order chi connectivity index (χ0) is 16.4. The van der Waals surface area contributed by atoms with Gasteiger partial charge in [0.05, 0.1) is 4.88 Å². The number of aromatic nitrogens is 1. The van der Waals surface area contributed by atoms with Crippen LogP contribution < -0.4 is 14.8 Å². The normalized spacial score (nSPS) is 12.7. The fraction of sp³-hybridized carbons (Fsp3) is 0.111. The fourth-order valence-corrected chi connectivity index (χ4v) is 3.34. The summed E-state index contributed by atoms with van der Waals surface area (Å²) in [5, 5.41) is 2.86. The summed E-state index contributed by atoms with van der Waals surface area (Å²) in [5.41, 5.74) is 1.73. The third kappa shape index (κ3) is 2.96. The van der Waals surface area contributed by atoms with E-state index in [0.717, 1.165) is 27.6 Å². The first-order valence-corrected chi connectivity index (χ1v) is 8.32. The van der Waals surface area contributed by atoms with Crippen molar-refractivity contribution in [3.63, 3.8) is 0 Å². The Balaban J connectivity index is 1.55. The molecule has 2 aromatic heterocycles. The average molecular weight is 338 g/mol. The minimum Gasteiger partial charge on any atom is -0.486 e. The summed E-state index contributed by atoms with van der Waals surface area (Å²) in [6.45, 7) is 1.13. The van der Waals surface area contributed by atoms with Gasteiger partial charge < -0.3 is 14.8 Å². The van der Waals surface area contributed by atoms with Gasteiger partial charge >= 0.3 is 0 Å². The van der Waals surface area contributed by atoms with Gasteiger partial charge in [0.15, 0.2) is 11.5 Å². The summed E-state index contributed by atoms with van der Waals surface area (Å²) in [5.74, 6) is 1.38. The first-order chi connectivity index (χ1) is 11.8. The van der Waals surface area contributed by atoms with Crippen molar-refractivity contribution in [3.8, 4) is 21.9 Å². The topological polar surface area (TPSA) is 60.5 Å². The Morgan fingerprint density at radius 2 is 1.79 bits per heavy atom. The molecule has 6 heteroatoms. The number of thiophene rings is 1. The van der Waals surface area contributed by atoms with Crippen molar-refractivity contribution in [1.82, 2.24) is 4.98 Å². The second kappa shape index (κ2) is 6.33. The van der Waals surface area contributed by atoms with Gasteiger partial charge in [-0.2, -0.15) is 0 Å². The van der Waals surface area contributed by atoms with Gasteiger partial charge in [-0.15, -0.1) is 11.3 Å². The van der Waals surface area contributed by atoms with Gasteiger partial charge in [0.25, 0.3) is 5.91 Å². The highest BCUT2D eigenvalue weighted by molar-refractivity contribution is 7.17. The minimum absolute atomic E-state index is 0.130. The Morgan fingerprint density at radius 3 is 2.62 bits per heavy atom. The van der Waals surface area contributed by atoms with Gasteiger partial charge in [-0.3, -0.25) is 9.78 Å². The predicted octanol–water partition coefficient (Wildman–Crippen LogP) is 3.83. The van der Waals surface area contributed by atoms with E-state index in [1.165, 1.54) is 11.3 Å². The summed E-state index contributed by atoms with van der Waals surface area (Å²) in [7, 11) is 0. The number of ether oxygens (including phenoxy) is 2. The van der Waals surface area contributed by atoms with Crippen LogP contribution in [0, 0.1) is 0 Å². The number of nitrogens with one attached hydrogen (secondary N) is 1. The van der Waals surface area contributed by atoms with Gasteiger partial charge in [0.2, 0.25) is 0 Å². The molecule has 4 rings (SSSR count). The van der Waals surface area contributed by atoms with E-state index in [0.29, 0.717) is 18.1 Å². The summed E-state index contributed by atoms with van der Waals surface area (Å²) >= 11 is 1.44. The largest absolute Gasteiger partial charge is 0.486 e. The van der Waals surface area contributed by atoms with E-state index >= 15 is 0 Å². The van der Waals surface area contributed by atoms with Crippen LogP contribution in [0.15, 0.2) is 54.9 Å². The van der Waals surface area contributed by atoms with Crippen LogP contribution in [0.3, 0.4) is 0 Å². The second-order valence-corrected chi connectivity index (χ2v) is 6.30. The zero-order valence-electron chi connectivity index (χ0n) is 12.7. The first kappa shape index (κ1) is 14.7. The van der Waals surface area contributed by atoms with E-state index in [4.69, 9.17) is 9.47 Å². The van der Waals surface area contributed by atoms with Crippen LogP contribution in [0.2, 0.25) is 0 Å². The number of rotatable bonds is 3. The van der Waals surface area contributed by atoms with Gasteiger partial charge in [0.1, 0.15) is 13.2 Å². The van der Waals surface area contributed by atoms with Crippen LogP contribution in [0.1, 0.15) is 9.67 Å². The highest BCUT2D eigenvalue weighted by atomic mass is 32.1. The predicted molar refractivity (Wildman–Crippen MR) is 92.9 cm³/mol. The van der Waals surface area contributed by atoms with Gasteiger partial charge in [-0.25, -0.2) is 0 Å². The van der Waals surface area contributed by atoms with E-state index in [9.17, 15) is 4.79 Å². The molecule has 0 unspecified atom stereocenters. The molecule has 0 spiro atoms. The molecule has 3 heterocycles. The van der Waals surface area contributed by atoms with Crippen LogP contribution in [0.4, 0.5) is 5.69 Å². The van der Waals surface area contributed by atoms with Crippen molar-refractivity contribution in [3.05, 3.63) is 59.7 Å². The van der Waals surface area contributed by atoms with Crippen molar-refractivity contribution >= 4 is 22.9 Å². The summed E-state index contributed by atoms with van der Waals surface area (Å²) in [4.78, 5) is 17.9. The van der Waals surface area contributed by atoms with E-state index in [1.54, 1.807) is 24.5 Å². The summed E-state index contributed by atoms with van der Waals surface area (Å²) in [6, 6.07) is 13.1. The molecule has 1 aliphatic rings. The molecule has 0 saturated heterocycles. The lowest BCUT2D eigenvalue weighted by Gasteiger charge is -2.18. The number of benzene rings is 1. The number of fused-ring (bicyclic) bond motifs is 1. The Morgan fingerprint density at radius 1 is 1.00 bits per heavy atom. The third-order valence-corrected chi connectivity index (χ3v) is 4.73. The van der Waals surface area contributed by atoms with E-state index < -0.39 is 0 Å². The SMILES string of the molecule is O=C(Nc1ccncc1)c1ccc(-c2ccc3c(c2)OCCO3)s1. The monoisotopic (exact) mass is 338 g/mol. The molecule has 0 aliphatic carbocycles. The number of anilines is 1. The zero-order valence-corrected chi connectivity index (χ0v) is 13.5. The Kier molecular flexibility index (Phi) is 3.88. The highest BCUT2D eigenvalue weighted by Gasteiger charge is 2.15. The lowest BCUT2D eigenvalue weighted by atomic mass is 10.1. The molecule has 0 saturated carbocycles. The van der Waals surface area contributed by atoms with Crippen LogP contribution in [-0.2, 0) is 0 Å². The molecule has 0 fully saturated rings. The Bertz CT molecular complexity index is 877. The minimum atomic E-state index is -0.130. The maximum Gasteiger partial charge on any atom is 0.265 e. The molecule has 3 aromatic rings. The maximum absolute atomic E-state index is 12.3. The van der Waals surface area contributed by atoms with Crippen LogP contribution in [0.5, 0.6) is 11.5 Å². The molecule has 1 aliphatic heterocycles. The molecule has 24 heavy (non-hydrogen) atoms. The Labute approximate surface area is 142 Å². The smallest absolute Gasteiger partial charge is 0.265 e. The fourth-order valence-electron chi connectivity index (χ4n) is 2.44. The lowest BCUT2D eigenvalue weighted by Crippen LogP contribution is -2.15. The number of nitrogens with zero attached hydrogens (tertiary/aromatic N) is 1. The first-order valence-electron chi connectivity index (χ1n) is 7.51.